The first-order valence-corrected chi connectivity index (χ1v) is 13.6. The third-order valence-electron chi connectivity index (χ3n) is 8.05. The van der Waals surface area contributed by atoms with E-state index >= 15 is 0 Å². The number of rotatable bonds is 12. The van der Waals surface area contributed by atoms with Crippen LogP contribution >= 0.6 is 0 Å². The molecule has 1 saturated carbocycles. The quantitative estimate of drug-likeness (QED) is 0.350. The number of aliphatic hydroxyl groups is 1. The maximum absolute atomic E-state index is 13.6. The smallest absolute Gasteiger partial charge is 0.317 e. The van der Waals surface area contributed by atoms with Crippen LogP contribution in [0.5, 0.6) is 0 Å². The first kappa shape index (κ1) is 28.8. The van der Waals surface area contributed by atoms with Crippen molar-refractivity contribution in [2.75, 3.05) is 40.4 Å². The largest absolute Gasteiger partial charge is 0.385 e. The van der Waals surface area contributed by atoms with Crippen molar-refractivity contribution in [3.8, 4) is 0 Å². The van der Waals surface area contributed by atoms with Crippen molar-refractivity contribution in [2.45, 2.75) is 81.8 Å². The first-order chi connectivity index (χ1) is 17.3. The van der Waals surface area contributed by atoms with Crippen molar-refractivity contribution in [2.24, 2.45) is 11.8 Å². The molecule has 1 aromatic rings. The Morgan fingerprint density at radius 1 is 1.22 bits per heavy atom. The molecule has 0 aromatic heterocycles. The van der Waals surface area contributed by atoms with Crippen molar-refractivity contribution < 1.29 is 23.4 Å². The Balaban J connectivity index is 1.63. The number of alkyl halides is 2. The molecular weight excluding hydrogens is 464 g/mol. The first-order valence-electron chi connectivity index (χ1n) is 13.6. The summed E-state index contributed by atoms with van der Waals surface area (Å²) in [5.41, 5.74) is -0.108. The molecule has 2 fully saturated rings. The molecule has 0 spiro atoms. The minimum atomic E-state index is -2.54. The molecule has 3 rings (SSSR count). The molecule has 2 amide bonds. The van der Waals surface area contributed by atoms with Gasteiger partial charge in [0.25, 0.3) is 0 Å². The van der Waals surface area contributed by atoms with Crippen molar-refractivity contribution in [3.63, 3.8) is 0 Å². The number of ether oxygens (including phenoxy) is 1. The number of carbonyl (C=O) groups is 1. The van der Waals surface area contributed by atoms with Crippen LogP contribution in [0, 0.1) is 11.8 Å². The third-order valence-corrected chi connectivity index (χ3v) is 8.05. The van der Waals surface area contributed by atoms with Gasteiger partial charge in [-0.3, -0.25) is 0 Å². The Hall–Kier alpha value is -1.77. The van der Waals surface area contributed by atoms with E-state index in [0.717, 1.165) is 31.2 Å². The fourth-order valence-corrected chi connectivity index (χ4v) is 5.95. The van der Waals surface area contributed by atoms with Crippen LogP contribution in [0.25, 0.3) is 0 Å². The Bertz CT molecular complexity index is 788. The van der Waals surface area contributed by atoms with Crippen LogP contribution in [0.4, 0.5) is 13.6 Å². The monoisotopic (exact) mass is 509 g/mol. The molecule has 3 N–H and O–H groups in total. The van der Waals surface area contributed by atoms with E-state index in [0.29, 0.717) is 51.9 Å². The summed E-state index contributed by atoms with van der Waals surface area (Å²) in [7, 11) is 3.53. The van der Waals surface area contributed by atoms with Crippen LogP contribution in [0.1, 0.15) is 69.8 Å². The highest BCUT2D eigenvalue weighted by atomic mass is 19.3. The van der Waals surface area contributed by atoms with Crippen LogP contribution in [0.15, 0.2) is 30.3 Å². The predicted molar refractivity (Wildman–Crippen MR) is 138 cm³/mol. The molecule has 36 heavy (non-hydrogen) atoms. The fraction of sp³-hybridized carbons (Fsp3) is 0.750. The van der Waals surface area contributed by atoms with Gasteiger partial charge in [0.2, 0.25) is 5.92 Å². The lowest BCUT2D eigenvalue weighted by Crippen LogP contribution is -2.54. The molecule has 8 heteroatoms. The van der Waals surface area contributed by atoms with Crippen LogP contribution < -0.4 is 10.6 Å². The minimum Gasteiger partial charge on any atom is -0.385 e. The number of benzene rings is 1. The van der Waals surface area contributed by atoms with Gasteiger partial charge in [-0.1, -0.05) is 30.3 Å². The number of nitrogens with one attached hydrogen (secondary N) is 2. The van der Waals surface area contributed by atoms with Crippen molar-refractivity contribution in [1.82, 2.24) is 15.5 Å². The number of urea groups is 1. The summed E-state index contributed by atoms with van der Waals surface area (Å²) in [4.78, 5) is 15.1. The normalized spacial score (nSPS) is 23.1. The maximum Gasteiger partial charge on any atom is 0.317 e. The highest BCUT2D eigenvalue weighted by Gasteiger charge is 2.41. The van der Waals surface area contributed by atoms with E-state index < -0.39 is 11.5 Å². The second-order valence-electron chi connectivity index (χ2n) is 10.8. The molecule has 204 valence electrons. The summed E-state index contributed by atoms with van der Waals surface area (Å²) in [5.74, 6) is -2.40. The molecule has 1 aromatic carbocycles. The summed E-state index contributed by atoms with van der Waals surface area (Å²) in [6.07, 6.45) is 5.61. The Morgan fingerprint density at radius 2 is 1.94 bits per heavy atom. The minimum absolute atomic E-state index is 0.0614. The molecule has 2 aliphatic rings. The number of carbonyl (C=O) groups excluding carboxylic acids is 1. The van der Waals surface area contributed by atoms with Crippen LogP contribution in [-0.4, -0.2) is 68.4 Å². The molecule has 6 nitrogen and oxygen atoms in total. The van der Waals surface area contributed by atoms with Gasteiger partial charge in [0.05, 0.1) is 5.60 Å². The Morgan fingerprint density at radius 3 is 2.61 bits per heavy atom. The van der Waals surface area contributed by atoms with E-state index in [9.17, 15) is 18.7 Å². The number of hydrogen-bond acceptors (Lipinski definition) is 4. The summed E-state index contributed by atoms with van der Waals surface area (Å²) in [6, 6.07) is 9.57. The third kappa shape index (κ3) is 8.12. The topological polar surface area (TPSA) is 73.8 Å². The lowest BCUT2D eigenvalue weighted by molar-refractivity contribution is -0.0566. The van der Waals surface area contributed by atoms with Gasteiger partial charge in [0, 0.05) is 58.2 Å². The molecule has 0 bridgehead atoms. The zero-order chi connectivity index (χ0) is 26.0. The summed E-state index contributed by atoms with van der Waals surface area (Å²) < 4.78 is 32.3. The molecule has 0 unspecified atom stereocenters. The number of nitrogens with zero attached hydrogens (tertiary/aromatic N) is 1. The van der Waals surface area contributed by atoms with Gasteiger partial charge < -0.3 is 25.4 Å². The number of methoxy groups -OCH3 is 1. The number of piperidine rings is 1. The maximum atomic E-state index is 13.6. The standard InChI is InChI=1S/C28H45F2N3O3/c1-31-20-25(19-22-12-15-27(29,30)16-13-22)32-26(34)33-17-8-11-24(21-33)28(35,14-6-7-18-36-2)23-9-4-3-5-10-23/h3-5,9-10,22,24-25,31,35H,6-8,11-21H2,1-2H3,(H,32,34)/t24-,25+,28-/m1/s1. The van der Waals surface area contributed by atoms with Gasteiger partial charge in [0.15, 0.2) is 0 Å². The number of unbranched alkanes of at least 4 members (excludes halogenated alkanes) is 1. The molecule has 1 heterocycles. The molecule has 1 aliphatic heterocycles. The van der Waals surface area contributed by atoms with E-state index in [1.807, 2.05) is 42.3 Å². The van der Waals surface area contributed by atoms with Crippen molar-refractivity contribution in [1.29, 1.82) is 0 Å². The molecule has 1 saturated heterocycles. The summed E-state index contributed by atoms with van der Waals surface area (Å²) >= 11 is 0. The SMILES string of the molecule is CNC[C@H](CC1CCC(F)(F)CC1)NC(=O)N1CCC[C@@H]([C@@](O)(CCCCOC)c2ccccc2)C1. The van der Waals surface area contributed by atoms with Gasteiger partial charge in [-0.05, 0) is 69.9 Å². The zero-order valence-corrected chi connectivity index (χ0v) is 22.0. The lowest BCUT2D eigenvalue weighted by Gasteiger charge is -2.43. The molecular formula is C28H45F2N3O3. The van der Waals surface area contributed by atoms with Gasteiger partial charge in [-0.15, -0.1) is 0 Å². The van der Waals surface area contributed by atoms with E-state index in [1.165, 1.54) is 0 Å². The number of amides is 2. The van der Waals surface area contributed by atoms with Crippen LogP contribution in [-0.2, 0) is 10.3 Å². The average molecular weight is 510 g/mol. The molecule has 3 atom stereocenters. The zero-order valence-electron chi connectivity index (χ0n) is 22.0. The second-order valence-corrected chi connectivity index (χ2v) is 10.8. The summed E-state index contributed by atoms with van der Waals surface area (Å²) in [5, 5.41) is 18.3. The molecule has 0 radical (unpaired) electrons. The van der Waals surface area contributed by atoms with Gasteiger partial charge in [-0.2, -0.15) is 0 Å². The Kier molecular flexibility index (Phi) is 10.9. The van der Waals surface area contributed by atoms with Gasteiger partial charge in [-0.25, -0.2) is 13.6 Å². The fourth-order valence-electron chi connectivity index (χ4n) is 5.95. The van der Waals surface area contributed by atoms with E-state index in [1.54, 1.807) is 7.11 Å². The van der Waals surface area contributed by atoms with Gasteiger partial charge >= 0.3 is 6.03 Å². The predicted octanol–water partition coefficient (Wildman–Crippen LogP) is 4.92. The van der Waals surface area contributed by atoms with Crippen LogP contribution in [0.2, 0.25) is 0 Å². The second kappa shape index (κ2) is 13.7. The van der Waals surface area contributed by atoms with E-state index in [4.69, 9.17) is 4.74 Å². The van der Waals surface area contributed by atoms with E-state index in [-0.39, 0.29) is 36.8 Å². The highest BCUT2D eigenvalue weighted by molar-refractivity contribution is 5.74. The molecule has 1 aliphatic carbocycles. The van der Waals surface area contributed by atoms with Crippen molar-refractivity contribution in [3.05, 3.63) is 35.9 Å². The number of likely N-dealkylation sites (N-methyl/N-ethyl adjacent to an activating group) is 1. The van der Waals surface area contributed by atoms with Crippen molar-refractivity contribution >= 4 is 6.03 Å². The number of likely N-dealkylation sites (tertiary alicyclic amines) is 1. The van der Waals surface area contributed by atoms with Gasteiger partial charge in [0.1, 0.15) is 0 Å². The lowest BCUT2D eigenvalue weighted by atomic mass is 9.74. The number of halogens is 2. The highest BCUT2D eigenvalue weighted by Crippen LogP contribution is 2.40. The number of hydrogen-bond donors (Lipinski definition) is 3. The van der Waals surface area contributed by atoms with E-state index in [2.05, 4.69) is 10.6 Å². The van der Waals surface area contributed by atoms with Crippen LogP contribution in [0.3, 0.4) is 0 Å². The summed E-state index contributed by atoms with van der Waals surface area (Å²) in [6.45, 7) is 2.40. The average Bonchev–Trinajstić information content (AvgIpc) is 2.88. The Labute approximate surface area is 215 Å².